The summed E-state index contributed by atoms with van der Waals surface area (Å²) in [6.45, 7) is 8.80. The number of nitrogens with zero attached hydrogens (tertiary/aromatic N) is 3. The number of rotatable bonds is 7. The summed E-state index contributed by atoms with van der Waals surface area (Å²) in [4.78, 5) is 14.1. The maximum absolute atomic E-state index is 11.9. The molecule has 0 aromatic carbocycles. The van der Waals surface area contributed by atoms with Crippen molar-refractivity contribution in [3.8, 4) is 0 Å². The molecule has 0 saturated heterocycles. The zero-order valence-corrected chi connectivity index (χ0v) is 12.4. The molecule has 1 aromatic rings. The van der Waals surface area contributed by atoms with Gasteiger partial charge in [-0.25, -0.2) is 4.68 Å². The molecule has 0 aliphatic rings. The van der Waals surface area contributed by atoms with E-state index in [2.05, 4.69) is 51.8 Å². The van der Waals surface area contributed by atoms with Gasteiger partial charge in [0.25, 0.3) is 5.56 Å². The molecule has 100 valence electrons. The van der Waals surface area contributed by atoms with Gasteiger partial charge in [0.05, 0.1) is 18.4 Å². The third kappa shape index (κ3) is 3.96. The van der Waals surface area contributed by atoms with Crippen LogP contribution in [0.1, 0.15) is 6.92 Å². The zero-order chi connectivity index (χ0) is 13.5. The molecule has 0 radical (unpaired) electrons. The molecule has 0 spiro atoms. The first-order chi connectivity index (χ1) is 8.60. The van der Waals surface area contributed by atoms with E-state index in [1.165, 1.54) is 4.68 Å². The van der Waals surface area contributed by atoms with Crippen molar-refractivity contribution < 1.29 is 0 Å². The molecule has 1 heterocycles. The Balaban J connectivity index is 2.70. The molecule has 0 aliphatic heterocycles. The van der Waals surface area contributed by atoms with Crippen LogP contribution in [0, 0.1) is 0 Å². The van der Waals surface area contributed by atoms with Gasteiger partial charge < -0.3 is 10.2 Å². The van der Waals surface area contributed by atoms with Crippen LogP contribution in [0.5, 0.6) is 0 Å². The SMILES string of the molecule is C=CCn1ncc(NCCN(C)CC)c(Br)c1=O. The van der Waals surface area contributed by atoms with Crippen molar-refractivity contribution in [2.45, 2.75) is 13.5 Å². The average Bonchev–Trinajstić information content (AvgIpc) is 2.37. The Kier molecular flexibility index (Phi) is 6.07. The molecule has 5 nitrogen and oxygen atoms in total. The van der Waals surface area contributed by atoms with E-state index in [4.69, 9.17) is 0 Å². The summed E-state index contributed by atoms with van der Waals surface area (Å²) < 4.78 is 1.87. The summed E-state index contributed by atoms with van der Waals surface area (Å²) in [7, 11) is 2.05. The highest BCUT2D eigenvalue weighted by Crippen LogP contribution is 2.15. The average molecular weight is 315 g/mol. The number of halogens is 1. The van der Waals surface area contributed by atoms with Crippen LogP contribution in [0.4, 0.5) is 5.69 Å². The number of nitrogens with one attached hydrogen (secondary N) is 1. The van der Waals surface area contributed by atoms with Crippen LogP contribution in [-0.4, -0.2) is 41.4 Å². The van der Waals surface area contributed by atoms with Gasteiger partial charge in [-0.2, -0.15) is 5.10 Å². The van der Waals surface area contributed by atoms with Gasteiger partial charge in [0.1, 0.15) is 4.47 Å². The molecule has 1 rings (SSSR count). The van der Waals surface area contributed by atoms with E-state index in [-0.39, 0.29) is 5.56 Å². The van der Waals surface area contributed by atoms with Gasteiger partial charge in [-0.1, -0.05) is 13.0 Å². The third-order valence-corrected chi connectivity index (χ3v) is 3.40. The number of allylic oxidation sites excluding steroid dienone is 1. The fraction of sp³-hybridized carbons (Fsp3) is 0.500. The maximum atomic E-state index is 11.9. The van der Waals surface area contributed by atoms with Crippen molar-refractivity contribution in [1.29, 1.82) is 0 Å². The van der Waals surface area contributed by atoms with Crippen molar-refractivity contribution in [2.24, 2.45) is 0 Å². The standard InChI is InChI=1S/C12H19BrN4O/c1-4-7-17-12(18)11(13)10(9-15-17)14-6-8-16(3)5-2/h4,9,14H,1,5-8H2,2-3H3. The Morgan fingerprint density at radius 1 is 1.67 bits per heavy atom. The zero-order valence-electron chi connectivity index (χ0n) is 10.8. The van der Waals surface area contributed by atoms with Crippen LogP contribution in [0.15, 0.2) is 28.1 Å². The molecule has 0 fully saturated rings. The fourth-order valence-electron chi connectivity index (χ4n) is 1.38. The van der Waals surface area contributed by atoms with Crippen molar-refractivity contribution in [2.75, 3.05) is 32.0 Å². The normalized spacial score (nSPS) is 10.7. The van der Waals surface area contributed by atoms with Crippen LogP contribution in [-0.2, 0) is 6.54 Å². The van der Waals surface area contributed by atoms with Crippen molar-refractivity contribution in [3.05, 3.63) is 33.7 Å². The molecule has 0 amide bonds. The Bertz CT molecular complexity index is 458. The topological polar surface area (TPSA) is 50.2 Å². The maximum Gasteiger partial charge on any atom is 0.283 e. The lowest BCUT2D eigenvalue weighted by molar-refractivity contribution is 0.367. The summed E-state index contributed by atoms with van der Waals surface area (Å²) in [6, 6.07) is 0. The molecular formula is C12H19BrN4O. The summed E-state index contributed by atoms with van der Waals surface area (Å²) in [5, 5.41) is 7.27. The second-order valence-corrected chi connectivity index (χ2v) is 4.76. The van der Waals surface area contributed by atoms with E-state index in [0.29, 0.717) is 11.0 Å². The van der Waals surface area contributed by atoms with E-state index in [0.717, 1.165) is 25.3 Å². The summed E-state index contributed by atoms with van der Waals surface area (Å²) in [5.74, 6) is 0. The van der Waals surface area contributed by atoms with E-state index in [1.807, 2.05) is 0 Å². The Morgan fingerprint density at radius 2 is 2.39 bits per heavy atom. The highest BCUT2D eigenvalue weighted by atomic mass is 79.9. The molecule has 0 aliphatic carbocycles. The Hall–Kier alpha value is -1.14. The third-order valence-electron chi connectivity index (χ3n) is 2.64. The van der Waals surface area contributed by atoms with Crippen molar-refractivity contribution in [1.82, 2.24) is 14.7 Å². The predicted octanol–water partition coefficient (Wildman–Crippen LogP) is 1.56. The lowest BCUT2D eigenvalue weighted by Crippen LogP contribution is -2.27. The van der Waals surface area contributed by atoms with Gasteiger partial charge in [-0.3, -0.25) is 4.79 Å². The quantitative estimate of drug-likeness (QED) is 0.776. The molecule has 0 unspecified atom stereocenters. The number of aromatic nitrogens is 2. The second-order valence-electron chi connectivity index (χ2n) is 3.97. The van der Waals surface area contributed by atoms with Gasteiger partial charge in [0, 0.05) is 13.1 Å². The first kappa shape index (κ1) is 14.9. The highest BCUT2D eigenvalue weighted by molar-refractivity contribution is 9.10. The van der Waals surface area contributed by atoms with Crippen molar-refractivity contribution >= 4 is 21.6 Å². The minimum atomic E-state index is -0.149. The Labute approximate surface area is 116 Å². The van der Waals surface area contributed by atoms with Gasteiger partial charge in [0.2, 0.25) is 0 Å². The lowest BCUT2D eigenvalue weighted by Gasteiger charge is -2.15. The van der Waals surface area contributed by atoms with Crippen LogP contribution >= 0.6 is 15.9 Å². The first-order valence-corrected chi connectivity index (χ1v) is 6.68. The molecular weight excluding hydrogens is 296 g/mol. The largest absolute Gasteiger partial charge is 0.381 e. The van der Waals surface area contributed by atoms with Crippen LogP contribution in [0.2, 0.25) is 0 Å². The molecule has 1 N–H and O–H groups in total. The Morgan fingerprint density at radius 3 is 3.00 bits per heavy atom. The number of anilines is 1. The highest BCUT2D eigenvalue weighted by Gasteiger charge is 2.07. The molecule has 1 aromatic heterocycles. The van der Waals surface area contributed by atoms with Gasteiger partial charge in [-0.15, -0.1) is 6.58 Å². The minimum absolute atomic E-state index is 0.149. The van der Waals surface area contributed by atoms with Crippen LogP contribution < -0.4 is 10.9 Å². The van der Waals surface area contributed by atoms with Gasteiger partial charge in [0.15, 0.2) is 0 Å². The molecule has 6 heteroatoms. The minimum Gasteiger partial charge on any atom is -0.381 e. The monoisotopic (exact) mass is 314 g/mol. The number of hydrogen-bond donors (Lipinski definition) is 1. The lowest BCUT2D eigenvalue weighted by atomic mass is 10.4. The van der Waals surface area contributed by atoms with Gasteiger partial charge in [-0.05, 0) is 29.5 Å². The number of likely N-dealkylation sites (N-methyl/N-ethyl adjacent to an activating group) is 1. The van der Waals surface area contributed by atoms with Crippen LogP contribution in [0.3, 0.4) is 0 Å². The summed E-state index contributed by atoms with van der Waals surface area (Å²) in [6.07, 6.45) is 3.30. The van der Waals surface area contributed by atoms with Crippen LogP contribution in [0.25, 0.3) is 0 Å². The second kappa shape index (κ2) is 7.33. The van der Waals surface area contributed by atoms with Crippen molar-refractivity contribution in [3.63, 3.8) is 0 Å². The first-order valence-electron chi connectivity index (χ1n) is 5.89. The van der Waals surface area contributed by atoms with Gasteiger partial charge >= 0.3 is 0 Å². The summed E-state index contributed by atoms with van der Waals surface area (Å²) >= 11 is 3.30. The molecule has 0 bridgehead atoms. The van der Waals surface area contributed by atoms with E-state index in [1.54, 1.807) is 12.3 Å². The fourth-order valence-corrected chi connectivity index (χ4v) is 1.83. The summed E-state index contributed by atoms with van der Waals surface area (Å²) in [5.41, 5.74) is 0.577. The number of hydrogen-bond acceptors (Lipinski definition) is 4. The van der Waals surface area contributed by atoms with E-state index >= 15 is 0 Å². The molecule has 18 heavy (non-hydrogen) atoms. The predicted molar refractivity (Wildman–Crippen MR) is 78.1 cm³/mol. The molecule has 0 atom stereocenters. The van der Waals surface area contributed by atoms with E-state index in [9.17, 15) is 4.79 Å². The van der Waals surface area contributed by atoms with E-state index < -0.39 is 0 Å². The smallest absolute Gasteiger partial charge is 0.283 e. The molecule has 0 saturated carbocycles.